The largest absolute Gasteiger partial charge is 0.448 e. The van der Waals surface area contributed by atoms with Gasteiger partial charge in [-0.05, 0) is 18.6 Å². The predicted octanol–water partition coefficient (Wildman–Crippen LogP) is 2.71. The smallest absolute Gasteiger partial charge is 0.336 e. The van der Waals surface area contributed by atoms with Crippen LogP contribution in [0.25, 0.3) is 11.0 Å². The molecular formula is C16H14O5. The highest BCUT2D eigenvalue weighted by atomic mass is 16.7. The third-order valence-corrected chi connectivity index (χ3v) is 4.18. The van der Waals surface area contributed by atoms with Crippen LogP contribution in [0.4, 0.5) is 0 Å². The molecule has 21 heavy (non-hydrogen) atoms. The summed E-state index contributed by atoms with van der Waals surface area (Å²) in [5.74, 6) is 0.733. The molecule has 0 radical (unpaired) electrons. The Bertz CT molecular complexity index is 807. The third-order valence-electron chi connectivity index (χ3n) is 4.18. The van der Waals surface area contributed by atoms with Crippen LogP contribution in [-0.2, 0) is 4.79 Å². The van der Waals surface area contributed by atoms with E-state index < -0.39 is 5.79 Å². The van der Waals surface area contributed by atoms with Crippen molar-refractivity contribution in [3.05, 3.63) is 34.2 Å². The van der Waals surface area contributed by atoms with Crippen LogP contribution in [0.3, 0.4) is 0 Å². The van der Waals surface area contributed by atoms with Crippen LogP contribution < -0.4 is 15.1 Å². The highest BCUT2D eigenvalue weighted by Crippen LogP contribution is 2.46. The molecule has 1 spiro atoms. The summed E-state index contributed by atoms with van der Waals surface area (Å²) in [6.45, 7) is 1.86. The molecule has 5 nitrogen and oxygen atoms in total. The van der Waals surface area contributed by atoms with E-state index in [0.717, 1.165) is 10.9 Å². The van der Waals surface area contributed by atoms with Crippen molar-refractivity contribution in [3.63, 3.8) is 0 Å². The van der Waals surface area contributed by atoms with Crippen molar-refractivity contribution in [2.75, 3.05) is 0 Å². The Labute approximate surface area is 120 Å². The minimum atomic E-state index is -0.734. The van der Waals surface area contributed by atoms with E-state index in [4.69, 9.17) is 13.9 Å². The molecule has 0 atom stereocenters. The maximum atomic E-state index is 11.5. The number of rotatable bonds is 0. The molecule has 1 aromatic heterocycles. The average Bonchev–Trinajstić information content (AvgIpc) is 2.77. The minimum Gasteiger partial charge on any atom is -0.448 e. The first-order valence-corrected chi connectivity index (χ1v) is 7.03. The Morgan fingerprint density at radius 1 is 1.00 bits per heavy atom. The highest BCUT2D eigenvalue weighted by Gasteiger charge is 2.44. The number of Topliss-reactive ketones (excluding diaryl/α,β-unsaturated/α-hetero) is 1. The average molecular weight is 286 g/mol. The van der Waals surface area contributed by atoms with Crippen LogP contribution in [0.2, 0.25) is 0 Å². The Balaban J connectivity index is 1.79. The Hall–Kier alpha value is -2.30. The van der Waals surface area contributed by atoms with E-state index in [1.54, 1.807) is 6.07 Å². The van der Waals surface area contributed by atoms with E-state index in [1.807, 2.05) is 13.0 Å². The Morgan fingerprint density at radius 2 is 1.67 bits per heavy atom. The Morgan fingerprint density at radius 3 is 2.38 bits per heavy atom. The molecule has 1 aliphatic heterocycles. The van der Waals surface area contributed by atoms with Gasteiger partial charge in [-0.1, -0.05) is 0 Å². The molecule has 0 N–H and O–H groups in total. The molecule has 2 heterocycles. The molecule has 5 heteroatoms. The summed E-state index contributed by atoms with van der Waals surface area (Å²) in [5, 5.41) is 0.834. The SMILES string of the molecule is Cc1cc(=O)oc2cc3c(cc12)OC1(CCC(=O)CC1)O3. The van der Waals surface area contributed by atoms with E-state index in [0.29, 0.717) is 42.8 Å². The van der Waals surface area contributed by atoms with Crippen molar-refractivity contribution >= 4 is 16.8 Å². The van der Waals surface area contributed by atoms with Crippen molar-refractivity contribution in [2.24, 2.45) is 0 Å². The van der Waals surface area contributed by atoms with Gasteiger partial charge >= 0.3 is 5.63 Å². The van der Waals surface area contributed by atoms with E-state index in [-0.39, 0.29) is 11.4 Å². The fourth-order valence-electron chi connectivity index (χ4n) is 3.02. The van der Waals surface area contributed by atoms with Crippen molar-refractivity contribution in [1.29, 1.82) is 0 Å². The van der Waals surface area contributed by atoms with Gasteiger partial charge in [-0.3, -0.25) is 4.79 Å². The van der Waals surface area contributed by atoms with E-state index in [2.05, 4.69) is 0 Å². The van der Waals surface area contributed by atoms with Gasteiger partial charge in [0.05, 0.1) is 0 Å². The summed E-state index contributed by atoms with van der Waals surface area (Å²) >= 11 is 0. The van der Waals surface area contributed by atoms with Crippen molar-refractivity contribution in [3.8, 4) is 11.5 Å². The molecule has 4 rings (SSSR count). The molecule has 1 aliphatic carbocycles. The summed E-state index contributed by atoms with van der Waals surface area (Å²) in [6.07, 6.45) is 2.06. The number of aryl methyl sites for hydroxylation is 1. The van der Waals surface area contributed by atoms with Crippen LogP contribution in [0.15, 0.2) is 27.4 Å². The topological polar surface area (TPSA) is 65.7 Å². The lowest BCUT2D eigenvalue weighted by molar-refractivity contribution is -0.138. The summed E-state index contributed by atoms with van der Waals surface area (Å²) in [6, 6.07) is 5.00. The van der Waals surface area contributed by atoms with Gasteiger partial charge in [-0.15, -0.1) is 0 Å². The summed E-state index contributed by atoms with van der Waals surface area (Å²) in [4.78, 5) is 22.8. The summed E-state index contributed by atoms with van der Waals surface area (Å²) in [7, 11) is 0. The molecule has 0 saturated heterocycles. The number of hydrogen-bond acceptors (Lipinski definition) is 5. The van der Waals surface area contributed by atoms with Gasteiger partial charge < -0.3 is 13.9 Å². The highest BCUT2D eigenvalue weighted by molar-refractivity contribution is 5.84. The lowest BCUT2D eigenvalue weighted by atomic mass is 9.93. The normalized spacial score (nSPS) is 19.4. The zero-order valence-corrected chi connectivity index (χ0v) is 11.6. The van der Waals surface area contributed by atoms with Gasteiger partial charge in [-0.2, -0.15) is 0 Å². The van der Waals surface area contributed by atoms with Crippen LogP contribution in [0.5, 0.6) is 11.5 Å². The van der Waals surface area contributed by atoms with E-state index >= 15 is 0 Å². The number of benzene rings is 1. The molecule has 0 bridgehead atoms. The standard InChI is InChI=1S/C16H14O5/c1-9-6-15(18)19-12-8-14-13(7-11(9)12)20-16(21-14)4-2-10(17)3-5-16/h6-8H,2-5H2,1H3. The first-order valence-electron chi connectivity index (χ1n) is 7.03. The lowest BCUT2D eigenvalue weighted by Gasteiger charge is -2.30. The molecule has 1 saturated carbocycles. The number of ketones is 1. The van der Waals surface area contributed by atoms with E-state index in [9.17, 15) is 9.59 Å². The van der Waals surface area contributed by atoms with Crippen molar-refractivity contribution < 1.29 is 18.7 Å². The number of carbonyl (C=O) groups is 1. The first-order chi connectivity index (χ1) is 10.0. The second kappa shape index (κ2) is 4.10. The number of ether oxygens (including phenoxy) is 2. The van der Waals surface area contributed by atoms with Crippen LogP contribution in [0, 0.1) is 6.92 Å². The molecular weight excluding hydrogens is 272 g/mol. The quantitative estimate of drug-likeness (QED) is 0.697. The van der Waals surface area contributed by atoms with E-state index in [1.165, 1.54) is 6.07 Å². The lowest BCUT2D eigenvalue weighted by Crippen LogP contribution is -2.42. The molecule has 1 fully saturated rings. The first kappa shape index (κ1) is 12.4. The predicted molar refractivity (Wildman–Crippen MR) is 74.7 cm³/mol. The second-order valence-corrected chi connectivity index (χ2v) is 5.70. The number of fused-ring (bicyclic) bond motifs is 2. The third kappa shape index (κ3) is 1.92. The molecule has 1 aromatic carbocycles. The monoisotopic (exact) mass is 286 g/mol. The summed E-state index contributed by atoms with van der Waals surface area (Å²) in [5.41, 5.74) is 0.954. The van der Waals surface area contributed by atoms with Crippen molar-refractivity contribution in [1.82, 2.24) is 0 Å². The minimum absolute atomic E-state index is 0.246. The maximum absolute atomic E-state index is 11.5. The van der Waals surface area contributed by atoms with Gasteiger partial charge in [0.1, 0.15) is 11.4 Å². The molecule has 0 unspecified atom stereocenters. The van der Waals surface area contributed by atoms with Gasteiger partial charge in [-0.25, -0.2) is 4.79 Å². The number of hydrogen-bond donors (Lipinski definition) is 0. The van der Waals surface area contributed by atoms with Gasteiger partial charge in [0, 0.05) is 43.2 Å². The second-order valence-electron chi connectivity index (χ2n) is 5.70. The van der Waals surface area contributed by atoms with Gasteiger partial charge in [0.2, 0.25) is 0 Å². The zero-order chi connectivity index (χ0) is 14.6. The van der Waals surface area contributed by atoms with Gasteiger partial charge in [0.15, 0.2) is 11.5 Å². The van der Waals surface area contributed by atoms with Crippen LogP contribution in [-0.4, -0.2) is 11.6 Å². The van der Waals surface area contributed by atoms with Crippen LogP contribution >= 0.6 is 0 Å². The van der Waals surface area contributed by atoms with Crippen LogP contribution in [0.1, 0.15) is 31.2 Å². The zero-order valence-electron chi connectivity index (χ0n) is 11.6. The fourth-order valence-corrected chi connectivity index (χ4v) is 3.02. The molecule has 2 aliphatic rings. The maximum Gasteiger partial charge on any atom is 0.336 e. The Kier molecular flexibility index (Phi) is 2.43. The van der Waals surface area contributed by atoms with Gasteiger partial charge in [0.25, 0.3) is 5.79 Å². The van der Waals surface area contributed by atoms with Crippen molar-refractivity contribution in [2.45, 2.75) is 38.4 Å². The number of carbonyl (C=O) groups excluding carboxylic acids is 1. The molecule has 108 valence electrons. The summed E-state index contributed by atoms with van der Waals surface area (Å²) < 4.78 is 17.1. The fraction of sp³-hybridized carbons (Fsp3) is 0.375. The molecule has 2 aromatic rings. The molecule has 0 amide bonds.